The van der Waals surface area contributed by atoms with Crippen molar-refractivity contribution in [2.75, 3.05) is 16.8 Å². The van der Waals surface area contributed by atoms with Crippen LogP contribution in [0.4, 0.5) is 11.4 Å². The third-order valence-electron chi connectivity index (χ3n) is 6.21. The van der Waals surface area contributed by atoms with Crippen LogP contribution in [0.25, 0.3) is 22.0 Å². The molecule has 1 aliphatic heterocycles. The first kappa shape index (κ1) is 23.7. The zero-order valence-electron chi connectivity index (χ0n) is 20.5. The van der Waals surface area contributed by atoms with Crippen molar-refractivity contribution >= 4 is 34.5 Å². The molecule has 5 rings (SSSR count). The molecule has 182 valence electrons. The van der Waals surface area contributed by atoms with Gasteiger partial charge in [-0.25, -0.2) is 4.98 Å². The molecular weight excluding hydrogens is 472 g/mol. The molecule has 3 heterocycles. The number of hydrogen-bond donors (Lipinski definition) is 1. The van der Waals surface area contributed by atoms with Gasteiger partial charge >= 0.3 is 0 Å². The number of fused-ring (bicyclic) bond motifs is 1. The molecule has 7 nitrogen and oxygen atoms in total. The molecule has 0 aliphatic carbocycles. The van der Waals surface area contributed by atoms with Gasteiger partial charge in [0.25, 0.3) is 5.91 Å². The quantitative estimate of drug-likeness (QED) is 0.390. The van der Waals surface area contributed by atoms with Gasteiger partial charge in [0.15, 0.2) is 6.10 Å². The summed E-state index contributed by atoms with van der Waals surface area (Å²) < 4.78 is 5.85. The summed E-state index contributed by atoms with van der Waals surface area (Å²) in [6.45, 7) is 7.60. The number of aryl methyl sites for hydroxylation is 3. The average Bonchev–Trinajstić information content (AvgIpc) is 3.26. The van der Waals surface area contributed by atoms with E-state index in [9.17, 15) is 9.59 Å². The summed E-state index contributed by atoms with van der Waals surface area (Å²) in [7, 11) is 0. The standard InChI is InChI=1S/C28H26N4O3S/c1-16-8-10-21(13-17(16)2)30-25(33)15-32-23-14-20(9-11-24(23)35-18(3)28(32)34)26-19(4)36-27(31-26)22-7-5-6-12-29-22/h5-14,18H,15H2,1-4H3,(H,30,33). The largest absolute Gasteiger partial charge is 0.479 e. The van der Waals surface area contributed by atoms with Gasteiger partial charge in [-0.2, -0.15) is 0 Å². The van der Waals surface area contributed by atoms with Crippen molar-refractivity contribution in [1.82, 2.24) is 9.97 Å². The molecule has 0 spiro atoms. The Labute approximate surface area is 213 Å². The number of thiazole rings is 1. The smallest absolute Gasteiger partial charge is 0.268 e. The van der Waals surface area contributed by atoms with Crippen LogP contribution in [-0.2, 0) is 9.59 Å². The Morgan fingerprint density at radius 3 is 2.67 bits per heavy atom. The maximum atomic E-state index is 13.1. The number of nitrogens with zero attached hydrogens (tertiary/aromatic N) is 3. The van der Waals surface area contributed by atoms with E-state index in [1.807, 2.05) is 75.4 Å². The average molecular weight is 499 g/mol. The molecule has 1 unspecified atom stereocenters. The van der Waals surface area contributed by atoms with E-state index in [1.54, 1.807) is 24.5 Å². The van der Waals surface area contributed by atoms with Gasteiger partial charge < -0.3 is 10.1 Å². The van der Waals surface area contributed by atoms with Gasteiger partial charge in [0.2, 0.25) is 5.91 Å². The molecule has 0 radical (unpaired) electrons. The normalized spacial score (nSPS) is 14.8. The van der Waals surface area contributed by atoms with Crippen LogP contribution in [0.2, 0.25) is 0 Å². The zero-order valence-corrected chi connectivity index (χ0v) is 21.3. The van der Waals surface area contributed by atoms with E-state index >= 15 is 0 Å². The Hall–Kier alpha value is -4.04. The second-order valence-electron chi connectivity index (χ2n) is 8.85. The number of aromatic nitrogens is 2. The number of nitrogens with one attached hydrogen (secondary N) is 1. The minimum atomic E-state index is -0.686. The van der Waals surface area contributed by atoms with Crippen molar-refractivity contribution in [3.05, 3.63) is 76.8 Å². The molecule has 2 aromatic carbocycles. The van der Waals surface area contributed by atoms with E-state index in [0.717, 1.165) is 38.0 Å². The van der Waals surface area contributed by atoms with Crippen LogP contribution >= 0.6 is 11.3 Å². The Morgan fingerprint density at radius 2 is 1.92 bits per heavy atom. The van der Waals surface area contributed by atoms with E-state index < -0.39 is 6.10 Å². The van der Waals surface area contributed by atoms with Gasteiger partial charge in [-0.15, -0.1) is 11.3 Å². The van der Waals surface area contributed by atoms with Crippen LogP contribution in [-0.4, -0.2) is 34.4 Å². The molecule has 1 aliphatic rings. The molecule has 2 amide bonds. The number of amides is 2. The van der Waals surface area contributed by atoms with Crippen molar-refractivity contribution in [1.29, 1.82) is 0 Å². The molecule has 4 aromatic rings. The topological polar surface area (TPSA) is 84.4 Å². The van der Waals surface area contributed by atoms with Gasteiger partial charge in [-0.05, 0) is 81.3 Å². The van der Waals surface area contributed by atoms with Crippen molar-refractivity contribution in [3.63, 3.8) is 0 Å². The molecule has 36 heavy (non-hydrogen) atoms. The lowest BCUT2D eigenvalue weighted by Crippen LogP contribution is -2.47. The summed E-state index contributed by atoms with van der Waals surface area (Å²) in [4.78, 5) is 37.8. The molecule has 0 bridgehead atoms. The molecule has 1 N–H and O–H groups in total. The zero-order chi connectivity index (χ0) is 25.4. The molecule has 8 heteroatoms. The lowest BCUT2D eigenvalue weighted by atomic mass is 10.1. The van der Waals surface area contributed by atoms with Crippen LogP contribution in [0.1, 0.15) is 22.9 Å². The fourth-order valence-electron chi connectivity index (χ4n) is 4.14. The van der Waals surface area contributed by atoms with Crippen molar-refractivity contribution in [2.24, 2.45) is 0 Å². The number of pyridine rings is 1. The first-order valence-corrected chi connectivity index (χ1v) is 12.5. The second-order valence-corrected chi connectivity index (χ2v) is 10.1. The lowest BCUT2D eigenvalue weighted by molar-refractivity contribution is -0.127. The van der Waals surface area contributed by atoms with E-state index in [-0.39, 0.29) is 18.4 Å². The molecule has 1 atom stereocenters. The SMILES string of the molecule is Cc1ccc(NC(=O)CN2C(=O)C(C)Oc3ccc(-c4nc(-c5ccccn5)sc4C)cc32)cc1C. The predicted octanol–water partition coefficient (Wildman–Crippen LogP) is 5.55. The highest BCUT2D eigenvalue weighted by molar-refractivity contribution is 7.15. The van der Waals surface area contributed by atoms with E-state index in [1.165, 1.54) is 4.90 Å². The van der Waals surface area contributed by atoms with Gasteiger partial charge in [0.1, 0.15) is 17.3 Å². The van der Waals surface area contributed by atoms with Crippen LogP contribution in [0, 0.1) is 20.8 Å². The van der Waals surface area contributed by atoms with Gasteiger partial charge in [-0.1, -0.05) is 12.1 Å². The minimum absolute atomic E-state index is 0.120. The molecule has 2 aromatic heterocycles. The Morgan fingerprint density at radius 1 is 1.08 bits per heavy atom. The van der Waals surface area contributed by atoms with Crippen LogP contribution in [0.5, 0.6) is 5.75 Å². The van der Waals surface area contributed by atoms with Crippen molar-refractivity contribution in [2.45, 2.75) is 33.8 Å². The molecule has 0 saturated carbocycles. The van der Waals surface area contributed by atoms with Crippen molar-refractivity contribution < 1.29 is 14.3 Å². The number of carbonyl (C=O) groups excluding carboxylic acids is 2. The summed E-state index contributed by atoms with van der Waals surface area (Å²) in [5, 5.41) is 3.73. The van der Waals surface area contributed by atoms with Crippen LogP contribution < -0.4 is 15.0 Å². The number of benzene rings is 2. The van der Waals surface area contributed by atoms with Gasteiger partial charge in [0, 0.05) is 22.3 Å². The van der Waals surface area contributed by atoms with Crippen LogP contribution in [0.3, 0.4) is 0 Å². The van der Waals surface area contributed by atoms with E-state index in [2.05, 4.69) is 10.3 Å². The minimum Gasteiger partial charge on any atom is -0.479 e. The van der Waals surface area contributed by atoms with Gasteiger partial charge in [0.05, 0.1) is 17.1 Å². The molecular formula is C28H26N4O3S. The number of carbonyl (C=O) groups is 2. The molecule has 0 fully saturated rings. The maximum absolute atomic E-state index is 13.1. The van der Waals surface area contributed by atoms with Crippen LogP contribution in [0.15, 0.2) is 60.8 Å². The summed E-state index contributed by atoms with van der Waals surface area (Å²) in [5.74, 6) is 0.0149. The predicted molar refractivity (Wildman–Crippen MR) is 143 cm³/mol. The fraction of sp³-hybridized carbons (Fsp3) is 0.214. The number of ether oxygens (including phenoxy) is 1. The Bertz CT molecular complexity index is 1470. The number of rotatable bonds is 5. The Balaban J connectivity index is 1.45. The first-order valence-electron chi connectivity index (χ1n) is 11.7. The lowest BCUT2D eigenvalue weighted by Gasteiger charge is -2.33. The highest BCUT2D eigenvalue weighted by Crippen LogP contribution is 2.40. The fourth-order valence-corrected chi connectivity index (χ4v) is 5.06. The first-order chi connectivity index (χ1) is 17.3. The summed E-state index contributed by atoms with van der Waals surface area (Å²) in [6, 6.07) is 17.1. The molecule has 0 saturated heterocycles. The monoisotopic (exact) mass is 498 g/mol. The summed E-state index contributed by atoms with van der Waals surface area (Å²) in [5.41, 5.74) is 5.96. The Kier molecular flexibility index (Phi) is 6.28. The highest BCUT2D eigenvalue weighted by Gasteiger charge is 2.33. The van der Waals surface area contributed by atoms with E-state index in [4.69, 9.17) is 9.72 Å². The maximum Gasteiger partial charge on any atom is 0.268 e. The highest BCUT2D eigenvalue weighted by atomic mass is 32.1. The van der Waals surface area contributed by atoms with Crippen molar-refractivity contribution in [3.8, 4) is 27.7 Å². The second kappa shape index (κ2) is 9.54. The summed E-state index contributed by atoms with van der Waals surface area (Å²) >= 11 is 1.57. The third kappa shape index (κ3) is 4.59. The third-order valence-corrected chi connectivity index (χ3v) is 7.21. The number of hydrogen-bond acceptors (Lipinski definition) is 6. The number of anilines is 2. The summed E-state index contributed by atoms with van der Waals surface area (Å²) in [6.07, 6.45) is 1.06. The van der Waals surface area contributed by atoms with Gasteiger partial charge in [-0.3, -0.25) is 19.5 Å². The van der Waals surface area contributed by atoms with E-state index in [0.29, 0.717) is 17.1 Å².